The molecule has 6 nitrogen and oxygen atoms in total. The topological polar surface area (TPSA) is 81.7 Å². The number of rotatable bonds is 4. The minimum Gasteiger partial charge on any atom is -0.465 e. The van der Waals surface area contributed by atoms with Crippen LogP contribution in [-0.2, 0) is 6.42 Å². The molecular formula is C19H21N3O3. The van der Waals surface area contributed by atoms with E-state index < -0.39 is 6.09 Å². The van der Waals surface area contributed by atoms with Crippen molar-refractivity contribution in [1.29, 1.82) is 0 Å². The fourth-order valence-corrected chi connectivity index (χ4v) is 3.23. The van der Waals surface area contributed by atoms with Crippen molar-refractivity contribution < 1.29 is 14.7 Å². The summed E-state index contributed by atoms with van der Waals surface area (Å²) in [7, 11) is 1.61. The number of anilines is 2. The first-order chi connectivity index (χ1) is 12.1. The predicted octanol–water partition coefficient (Wildman–Crippen LogP) is 2.62. The normalized spacial score (nSPS) is 16.0. The molecule has 2 aromatic rings. The van der Waals surface area contributed by atoms with Gasteiger partial charge in [-0.2, -0.15) is 0 Å². The highest BCUT2D eigenvalue weighted by Gasteiger charge is 2.25. The SMILES string of the molecule is CNC(=O)c1ccc(N2CC(CNC(=O)O)Cc3ccccc32)cc1. The molecule has 0 bridgehead atoms. The van der Waals surface area contributed by atoms with Crippen molar-refractivity contribution in [3.05, 3.63) is 59.7 Å². The average Bonchev–Trinajstić information content (AvgIpc) is 2.65. The molecule has 0 saturated heterocycles. The maximum absolute atomic E-state index is 11.7. The molecule has 6 heteroatoms. The van der Waals surface area contributed by atoms with Crippen LogP contribution in [-0.4, -0.2) is 37.2 Å². The zero-order valence-corrected chi connectivity index (χ0v) is 14.0. The van der Waals surface area contributed by atoms with Gasteiger partial charge in [0.25, 0.3) is 5.91 Å². The van der Waals surface area contributed by atoms with Crippen LogP contribution in [0.3, 0.4) is 0 Å². The number of carbonyl (C=O) groups is 2. The molecule has 0 spiro atoms. The zero-order valence-electron chi connectivity index (χ0n) is 14.0. The largest absolute Gasteiger partial charge is 0.465 e. The fourth-order valence-electron chi connectivity index (χ4n) is 3.23. The van der Waals surface area contributed by atoms with Crippen LogP contribution in [0.2, 0.25) is 0 Å². The third kappa shape index (κ3) is 3.74. The van der Waals surface area contributed by atoms with Crippen LogP contribution in [0.1, 0.15) is 15.9 Å². The number of carboxylic acid groups (broad SMARTS) is 1. The Morgan fingerprint density at radius 2 is 1.88 bits per heavy atom. The van der Waals surface area contributed by atoms with E-state index in [0.717, 1.165) is 24.3 Å². The number of carbonyl (C=O) groups excluding carboxylic acids is 1. The van der Waals surface area contributed by atoms with Gasteiger partial charge in [0, 0.05) is 37.1 Å². The number of hydrogen-bond acceptors (Lipinski definition) is 3. The van der Waals surface area contributed by atoms with Gasteiger partial charge in [-0.25, -0.2) is 4.79 Å². The molecule has 3 N–H and O–H groups in total. The van der Waals surface area contributed by atoms with Crippen molar-refractivity contribution in [1.82, 2.24) is 10.6 Å². The maximum Gasteiger partial charge on any atom is 0.404 e. The summed E-state index contributed by atoms with van der Waals surface area (Å²) < 4.78 is 0. The van der Waals surface area contributed by atoms with Crippen molar-refractivity contribution in [2.24, 2.45) is 5.92 Å². The summed E-state index contributed by atoms with van der Waals surface area (Å²) in [6.45, 7) is 1.13. The van der Waals surface area contributed by atoms with Gasteiger partial charge in [-0.1, -0.05) is 18.2 Å². The monoisotopic (exact) mass is 339 g/mol. The van der Waals surface area contributed by atoms with Crippen LogP contribution < -0.4 is 15.5 Å². The molecule has 3 rings (SSSR count). The second kappa shape index (κ2) is 7.25. The smallest absolute Gasteiger partial charge is 0.404 e. The van der Waals surface area contributed by atoms with Crippen LogP contribution in [0.25, 0.3) is 0 Å². The van der Waals surface area contributed by atoms with Gasteiger partial charge in [0.05, 0.1) is 0 Å². The van der Waals surface area contributed by atoms with Gasteiger partial charge in [-0.05, 0) is 48.2 Å². The Morgan fingerprint density at radius 1 is 1.16 bits per heavy atom. The van der Waals surface area contributed by atoms with E-state index >= 15 is 0 Å². The second-order valence-corrected chi connectivity index (χ2v) is 6.12. The Balaban J connectivity index is 1.87. The Labute approximate surface area is 146 Å². The van der Waals surface area contributed by atoms with Crippen molar-refractivity contribution >= 4 is 23.4 Å². The first-order valence-corrected chi connectivity index (χ1v) is 8.23. The molecule has 2 amide bonds. The van der Waals surface area contributed by atoms with Crippen LogP contribution in [0, 0.1) is 5.92 Å². The van der Waals surface area contributed by atoms with Crippen LogP contribution in [0.5, 0.6) is 0 Å². The standard InChI is InChI=1S/C19H21N3O3/c1-20-18(23)14-6-8-16(9-7-14)22-12-13(11-21-19(24)25)10-15-4-2-3-5-17(15)22/h2-9,13,21H,10-12H2,1H3,(H,20,23)(H,24,25). The molecule has 1 aliphatic heterocycles. The van der Waals surface area contributed by atoms with E-state index in [-0.39, 0.29) is 11.8 Å². The fraction of sp³-hybridized carbons (Fsp3) is 0.263. The molecule has 0 saturated carbocycles. The van der Waals surface area contributed by atoms with Gasteiger partial charge < -0.3 is 20.6 Å². The molecule has 0 aliphatic carbocycles. The third-order valence-corrected chi connectivity index (χ3v) is 4.44. The van der Waals surface area contributed by atoms with Crippen molar-refractivity contribution in [3.8, 4) is 0 Å². The summed E-state index contributed by atoms with van der Waals surface area (Å²) in [5, 5.41) is 14.0. The van der Waals surface area contributed by atoms with Gasteiger partial charge in [0.2, 0.25) is 0 Å². The van der Waals surface area contributed by atoms with Gasteiger partial charge in [-0.15, -0.1) is 0 Å². The van der Waals surface area contributed by atoms with Crippen LogP contribution in [0.15, 0.2) is 48.5 Å². The van der Waals surface area contributed by atoms with E-state index in [2.05, 4.69) is 27.7 Å². The van der Waals surface area contributed by atoms with E-state index in [0.29, 0.717) is 12.1 Å². The number of amides is 2. The summed E-state index contributed by atoms with van der Waals surface area (Å²) in [6.07, 6.45) is -0.163. The van der Waals surface area contributed by atoms with Gasteiger partial charge in [0.15, 0.2) is 0 Å². The van der Waals surface area contributed by atoms with E-state index in [1.54, 1.807) is 19.2 Å². The molecule has 0 radical (unpaired) electrons. The van der Waals surface area contributed by atoms with Crippen molar-refractivity contribution in [2.45, 2.75) is 6.42 Å². The molecule has 0 aromatic heterocycles. The number of benzene rings is 2. The van der Waals surface area contributed by atoms with E-state index in [4.69, 9.17) is 5.11 Å². The van der Waals surface area contributed by atoms with Crippen molar-refractivity contribution in [2.75, 3.05) is 25.0 Å². The van der Waals surface area contributed by atoms with E-state index in [9.17, 15) is 9.59 Å². The summed E-state index contributed by atoms with van der Waals surface area (Å²) in [5.74, 6) is 0.0683. The van der Waals surface area contributed by atoms with Crippen molar-refractivity contribution in [3.63, 3.8) is 0 Å². The molecule has 1 atom stereocenters. The minimum absolute atomic E-state index is 0.117. The number of para-hydroxylation sites is 1. The minimum atomic E-state index is -1.000. The molecule has 1 heterocycles. The first kappa shape index (κ1) is 16.8. The lowest BCUT2D eigenvalue weighted by molar-refractivity contribution is 0.0963. The zero-order chi connectivity index (χ0) is 17.8. The highest BCUT2D eigenvalue weighted by atomic mass is 16.4. The van der Waals surface area contributed by atoms with Crippen LogP contribution in [0.4, 0.5) is 16.2 Å². The van der Waals surface area contributed by atoms with E-state index in [1.807, 2.05) is 24.3 Å². The molecule has 1 unspecified atom stereocenters. The Bertz CT molecular complexity index is 774. The third-order valence-electron chi connectivity index (χ3n) is 4.44. The van der Waals surface area contributed by atoms with Gasteiger partial charge >= 0.3 is 6.09 Å². The quantitative estimate of drug-likeness (QED) is 0.800. The summed E-state index contributed by atoms with van der Waals surface area (Å²) >= 11 is 0. The highest BCUT2D eigenvalue weighted by Crippen LogP contribution is 2.35. The molecular weight excluding hydrogens is 318 g/mol. The Morgan fingerprint density at radius 3 is 2.56 bits per heavy atom. The second-order valence-electron chi connectivity index (χ2n) is 6.12. The first-order valence-electron chi connectivity index (χ1n) is 8.23. The van der Waals surface area contributed by atoms with Crippen LogP contribution >= 0.6 is 0 Å². The molecule has 1 aliphatic rings. The van der Waals surface area contributed by atoms with Gasteiger partial charge in [-0.3, -0.25) is 4.79 Å². The number of hydrogen-bond donors (Lipinski definition) is 3. The number of fused-ring (bicyclic) bond motifs is 1. The Hall–Kier alpha value is -3.02. The predicted molar refractivity (Wildman–Crippen MR) is 96.5 cm³/mol. The van der Waals surface area contributed by atoms with Gasteiger partial charge in [0.1, 0.15) is 0 Å². The lowest BCUT2D eigenvalue weighted by Gasteiger charge is -2.36. The maximum atomic E-state index is 11.7. The lowest BCUT2D eigenvalue weighted by atomic mass is 9.92. The summed E-state index contributed by atoms with van der Waals surface area (Å²) in [5.41, 5.74) is 3.92. The molecule has 130 valence electrons. The number of nitrogens with one attached hydrogen (secondary N) is 2. The Kier molecular flexibility index (Phi) is 4.88. The van der Waals surface area contributed by atoms with E-state index in [1.165, 1.54) is 5.56 Å². The highest BCUT2D eigenvalue weighted by molar-refractivity contribution is 5.94. The average molecular weight is 339 g/mol. The number of nitrogens with zero attached hydrogens (tertiary/aromatic N) is 1. The molecule has 25 heavy (non-hydrogen) atoms. The molecule has 0 fully saturated rings. The summed E-state index contributed by atoms with van der Waals surface area (Å²) in [6, 6.07) is 15.6. The lowest BCUT2D eigenvalue weighted by Crippen LogP contribution is -2.38. The molecule has 2 aromatic carbocycles. The summed E-state index contributed by atoms with van der Waals surface area (Å²) in [4.78, 5) is 24.7.